The van der Waals surface area contributed by atoms with Crippen LogP contribution in [0, 0.1) is 19.7 Å². The van der Waals surface area contributed by atoms with Crippen molar-refractivity contribution in [3.8, 4) is 11.3 Å². The van der Waals surface area contributed by atoms with Crippen molar-refractivity contribution in [3.63, 3.8) is 0 Å². The lowest BCUT2D eigenvalue weighted by molar-refractivity contribution is 0.628. The van der Waals surface area contributed by atoms with Crippen molar-refractivity contribution in [2.75, 3.05) is 0 Å². The zero-order chi connectivity index (χ0) is 14.0. The van der Waals surface area contributed by atoms with Crippen molar-refractivity contribution in [3.05, 3.63) is 46.1 Å². The maximum atomic E-state index is 14.1. The van der Waals surface area contributed by atoms with Gasteiger partial charge in [0.1, 0.15) is 16.8 Å². The molecule has 100 valence electrons. The minimum atomic E-state index is -0.269. The molecule has 2 nitrogen and oxygen atoms in total. The van der Waals surface area contributed by atoms with Crippen molar-refractivity contribution < 1.29 is 4.39 Å². The first-order valence-electron chi connectivity index (χ1n) is 6.32. The molecule has 0 radical (unpaired) electrons. The summed E-state index contributed by atoms with van der Waals surface area (Å²) in [5.74, 6) is 0.388. The summed E-state index contributed by atoms with van der Waals surface area (Å²) in [5, 5.41) is 0.354. The standard InChI is InChI=1S/C15H16ClFN2/c1-4-5-14-18-12(8-13(16)19-14)15-10(3)6-9(2)7-11(15)17/h6-8H,4-5H2,1-3H3. The van der Waals surface area contributed by atoms with Crippen LogP contribution < -0.4 is 0 Å². The molecule has 0 aliphatic rings. The number of aromatic nitrogens is 2. The quantitative estimate of drug-likeness (QED) is 0.772. The summed E-state index contributed by atoms with van der Waals surface area (Å²) in [6.45, 7) is 5.79. The zero-order valence-electron chi connectivity index (χ0n) is 11.3. The molecule has 0 aliphatic carbocycles. The second kappa shape index (κ2) is 5.66. The number of aryl methyl sites for hydroxylation is 3. The van der Waals surface area contributed by atoms with Crippen molar-refractivity contribution in [1.29, 1.82) is 0 Å². The van der Waals surface area contributed by atoms with E-state index >= 15 is 0 Å². The number of halogens is 2. The molecule has 1 aromatic heterocycles. The average Bonchev–Trinajstić information content (AvgIpc) is 2.26. The number of hydrogen-bond acceptors (Lipinski definition) is 2. The molecule has 1 heterocycles. The van der Waals surface area contributed by atoms with Gasteiger partial charge in [-0.2, -0.15) is 0 Å². The van der Waals surface area contributed by atoms with E-state index in [0.717, 1.165) is 24.0 Å². The Morgan fingerprint density at radius 3 is 2.53 bits per heavy atom. The van der Waals surface area contributed by atoms with Crippen LogP contribution in [-0.2, 0) is 6.42 Å². The summed E-state index contributed by atoms with van der Waals surface area (Å²) >= 11 is 6.00. The van der Waals surface area contributed by atoms with E-state index < -0.39 is 0 Å². The summed E-state index contributed by atoms with van der Waals surface area (Å²) < 4.78 is 14.1. The van der Waals surface area contributed by atoms with Crippen LogP contribution in [0.25, 0.3) is 11.3 Å². The first-order valence-corrected chi connectivity index (χ1v) is 6.69. The van der Waals surface area contributed by atoms with Gasteiger partial charge in [0.15, 0.2) is 0 Å². The molecule has 0 saturated heterocycles. The third-order valence-electron chi connectivity index (χ3n) is 2.90. The van der Waals surface area contributed by atoms with Gasteiger partial charge < -0.3 is 0 Å². The van der Waals surface area contributed by atoms with Crippen LogP contribution in [0.3, 0.4) is 0 Å². The van der Waals surface area contributed by atoms with Gasteiger partial charge in [-0.1, -0.05) is 24.6 Å². The molecule has 0 saturated carbocycles. The van der Waals surface area contributed by atoms with Crippen LogP contribution in [0.15, 0.2) is 18.2 Å². The van der Waals surface area contributed by atoms with E-state index in [9.17, 15) is 4.39 Å². The van der Waals surface area contributed by atoms with Gasteiger partial charge in [-0.25, -0.2) is 14.4 Å². The molecule has 0 amide bonds. The molecule has 2 aromatic rings. The smallest absolute Gasteiger partial charge is 0.133 e. The Balaban J connectivity index is 2.58. The van der Waals surface area contributed by atoms with E-state index in [1.165, 1.54) is 6.07 Å². The van der Waals surface area contributed by atoms with E-state index in [-0.39, 0.29) is 5.82 Å². The number of benzene rings is 1. The minimum Gasteiger partial charge on any atom is -0.233 e. The van der Waals surface area contributed by atoms with Gasteiger partial charge in [-0.15, -0.1) is 0 Å². The highest BCUT2D eigenvalue weighted by Gasteiger charge is 2.13. The van der Waals surface area contributed by atoms with E-state index in [1.54, 1.807) is 6.07 Å². The van der Waals surface area contributed by atoms with Crippen LogP contribution >= 0.6 is 11.6 Å². The van der Waals surface area contributed by atoms with Crippen molar-refractivity contribution in [2.45, 2.75) is 33.6 Å². The Morgan fingerprint density at radius 1 is 1.16 bits per heavy atom. The number of nitrogens with zero attached hydrogens (tertiary/aromatic N) is 2. The monoisotopic (exact) mass is 278 g/mol. The predicted octanol–water partition coefficient (Wildman–Crippen LogP) is 4.51. The Morgan fingerprint density at radius 2 is 1.89 bits per heavy atom. The summed E-state index contributed by atoms with van der Waals surface area (Å²) in [7, 11) is 0. The van der Waals surface area contributed by atoms with Crippen molar-refractivity contribution in [2.24, 2.45) is 0 Å². The first kappa shape index (κ1) is 13.9. The number of hydrogen-bond donors (Lipinski definition) is 0. The third kappa shape index (κ3) is 3.10. The van der Waals surface area contributed by atoms with E-state index in [4.69, 9.17) is 11.6 Å². The molecule has 0 spiro atoms. The Hall–Kier alpha value is -1.48. The SMILES string of the molecule is CCCc1nc(Cl)cc(-c2c(C)cc(C)cc2F)n1. The molecule has 4 heteroatoms. The fourth-order valence-electron chi connectivity index (χ4n) is 2.17. The minimum absolute atomic E-state index is 0.269. The summed E-state index contributed by atoms with van der Waals surface area (Å²) in [6, 6.07) is 5.06. The second-order valence-electron chi connectivity index (χ2n) is 4.68. The zero-order valence-corrected chi connectivity index (χ0v) is 12.1. The summed E-state index contributed by atoms with van der Waals surface area (Å²) in [5.41, 5.74) is 2.81. The second-order valence-corrected chi connectivity index (χ2v) is 5.07. The maximum absolute atomic E-state index is 14.1. The lowest BCUT2D eigenvalue weighted by atomic mass is 10.0. The summed E-state index contributed by atoms with van der Waals surface area (Å²) in [4.78, 5) is 8.57. The fourth-order valence-corrected chi connectivity index (χ4v) is 2.37. The van der Waals surface area contributed by atoms with Gasteiger partial charge in [-0.05, 0) is 37.5 Å². The van der Waals surface area contributed by atoms with Crippen LogP contribution in [0.4, 0.5) is 4.39 Å². The molecule has 0 N–H and O–H groups in total. The molecule has 0 fully saturated rings. The fraction of sp³-hybridized carbons (Fsp3) is 0.333. The maximum Gasteiger partial charge on any atom is 0.133 e. The lowest BCUT2D eigenvalue weighted by Crippen LogP contribution is -2.00. The van der Waals surface area contributed by atoms with Gasteiger partial charge in [0.25, 0.3) is 0 Å². The number of rotatable bonds is 3. The van der Waals surface area contributed by atoms with E-state index in [0.29, 0.717) is 22.2 Å². The Labute approximate surface area is 117 Å². The predicted molar refractivity (Wildman–Crippen MR) is 75.9 cm³/mol. The normalized spacial score (nSPS) is 10.8. The highest BCUT2D eigenvalue weighted by atomic mass is 35.5. The molecule has 2 rings (SSSR count). The molecular weight excluding hydrogens is 263 g/mol. The molecule has 0 unspecified atom stereocenters. The van der Waals surface area contributed by atoms with Gasteiger partial charge in [0.2, 0.25) is 0 Å². The van der Waals surface area contributed by atoms with Gasteiger partial charge in [0, 0.05) is 18.1 Å². The van der Waals surface area contributed by atoms with Crippen LogP contribution in [-0.4, -0.2) is 9.97 Å². The topological polar surface area (TPSA) is 25.8 Å². The van der Waals surface area contributed by atoms with E-state index in [1.807, 2.05) is 26.8 Å². The van der Waals surface area contributed by atoms with Crippen LogP contribution in [0.1, 0.15) is 30.3 Å². The largest absolute Gasteiger partial charge is 0.233 e. The highest BCUT2D eigenvalue weighted by Crippen LogP contribution is 2.27. The summed E-state index contributed by atoms with van der Waals surface area (Å²) in [6.07, 6.45) is 1.66. The molecule has 0 aliphatic heterocycles. The molecule has 1 aromatic carbocycles. The van der Waals surface area contributed by atoms with Gasteiger partial charge in [-0.3, -0.25) is 0 Å². The van der Waals surface area contributed by atoms with Gasteiger partial charge >= 0.3 is 0 Å². The Kier molecular flexibility index (Phi) is 4.15. The average molecular weight is 279 g/mol. The van der Waals surface area contributed by atoms with Crippen LogP contribution in [0.5, 0.6) is 0 Å². The highest BCUT2D eigenvalue weighted by molar-refractivity contribution is 6.29. The molecule has 19 heavy (non-hydrogen) atoms. The molecular formula is C15H16ClFN2. The third-order valence-corrected chi connectivity index (χ3v) is 3.10. The lowest BCUT2D eigenvalue weighted by Gasteiger charge is -2.10. The van der Waals surface area contributed by atoms with Crippen LogP contribution in [0.2, 0.25) is 5.15 Å². The first-order chi connectivity index (χ1) is 9.01. The Bertz CT molecular complexity index is 588. The molecule has 0 atom stereocenters. The molecule has 0 bridgehead atoms. The van der Waals surface area contributed by atoms with Crippen molar-refractivity contribution >= 4 is 11.6 Å². The van der Waals surface area contributed by atoms with Crippen molar-refractivity contribution in [1.82, 2.24) is 9.97 Å². The van der Waals surface area contributed by atoms with Gasteiger partial charge in [0.05, 0.1) is 5.69 Å². The van der Waals surface area contributed by atoms with E-state index in [2.05, 4.69) is 9.97 Å².